The molecule has 0 spiro atoms. The lowest BCUT2D eigenvalue weighted by Crippen LogP contribution is -2.54. The van der Waals surface area contributed by atoms with Crippen molar-refractivity contribution in [2.45, 2.75) is 18.9 Å². The van der Waals surface area contributed by atoms with Crippen molar-refractivity contribution < 1.29 is 19.1 Å². The second-order valence-corrected chi connectivity index (χ2v) is 10.3. The second kappa shape index (κ2) is 9.71. The summed E-state index contributed by atoms with van der Waals surface area (Å²) in [6.07, 6.45) is 1.81. The van der Waals surface area contributed by atoms with Crippen LogP contribution in [0.5, 0.6) is 0 Å². The molecular weight excluding hydrogens is 494 g/mol. The third-order valence-electron chi connectivity index (χ3n) is 6.98. The average molecular weight is 522 g/mol. The zero-order valence-electron chi connectivity index (χ0n) is 20.1. The Morgan fingerprint density at radius 1 is 1.14 bits per heavy atom. The minimum atomic E-state index is -0.669. The Labute approximate surface area is 216 Å². The highest BCUT2D eigenvalue weighted by Crippen LogP contribution is 2.45. The molecule has 4 heterocycles. The van der Waals surface area contributed by atoms with Crippen LogP contribution in [-0.2, 0) is 4.74 Å². The van der Waals surface area contributed by atoms with Gasteiger partial charge in [0.15, 0.2) is 5.78 Å². The molecule has 1 aliphatic carbocycles. The highest BCUT2D eigenvalue weighted by molar-refractivity contribution is 7.17. The number of urea groups is 1. The number of piperidine rings is 1. The zero-order chi connectivity index (χ0) is 25.5. The van der Waals surface area contributed by atoms with Gasteiger partial charge in [-0.15, -0.1) is 11.3 Å². The van der Waals surface area contributed by atoms with Gasteiger partial charge < -0.3 is 21.1 Å². The van der Waals surface area contributed by atoms with E-state index in [9.17, 15) is 14.4 Å². The molecule has 2 aliphatic heterocycles. The molecule has 0 atom stereocenters. The molecule has 12 heteroatoms. The lowest BCUT2D eigenvalue weighted by atomic mass is 10.1. The molecule has 3 aromatic rings. The number of aromatic nitrogens is 2. The second-order valence-electron chi connectivity index (χ2n) is 9.23. The SMILES string of the molecule is NC(=O)N(c1cccc2c1C(=O)c1c-2n[nH]c1-c1ccc(C(=O)NC2CCNCC2)s1)N1CCOCC1. The number of amides is 3. The van der Waals surface area contributed by atoms with Crippen LogP contribution in [0.4, 0.5) is 10.5 Å². The van der Waals surface area contributed by atoms with Crippen LogP contribution in [0.3, 0.4) is 0 Å². The van der Waals surface area contributed by atoms with Gasteiger partial charge in [0.25, 0.3) is 5.91 Å². The number of hydrazine groups is 1. The van der Waals surface area contributed by atoms with Gasteiger partial charge in [0, 0.05) is 24.7 Å². The monoisotopic (exact) mass is 521 g/mol. The number of ether oxygens (including phenoxy) is 1. The summed E-state index contributed by atoms with van der Waals surface area (Å²) < 4.78 is 5.41. The van der Waals surface area contributed by atoms with E-state index in [1.807, 2.05) is 12.1 Å². The lowest BCUT2D eigenvalue weighted by molar-refractivity contribution is 0.0364. The number of primary amides is 1. The minimum Gasteiger partial charge on any atom is -0.379 e. The smallest absolute Gasteiger partial charge is 0.334 e. The predicted octanol–water partition coefficient (Wildman–Crippen LogP) is 1.96. The van der Waals surface area contributed by atoms with E-state index >= 15 is 0 Å². The minimum absolute atomic E-state index is 0.112. The number of nitrogens with zero attached hydrogens (tertiary/aromatic N) is 3. The largest absolute Gasteiger partial charge is 0.379 e. The number of anilines is 1. The van der Waals surface area contributed by atoms with Crippen LogP contribution in [0.2, 0.25) is 0 Å². The molecule has 37 heavy (non-hydrogen) atoms. The summed E-state index contributed by atoms with van der Waals surface area (Å²) in [4.78, 5) is 40.5. The standard InChI is InChI=1S/C25H27N7O4S/c26-25(35)32(31-10-12-36-13-11-31)16-3-1-2-15-19(16)23(33)20-21(15)29-30-22(20)17-4-5-18(37-17)24(34)28-14-6-8-27-9-7-14/h1-5,14,27H,6-13H2,(H2,26,35)(H,28,34)(H,29,30). The number of ketones is 1. The first kappa shape index (κ1) is 23.8. The highest BCUT2D eigenvalue weighted by atomic mass is 32.1. The van der Waals surface area contributed by atoms with Gasteiger partial charge in [-0.05, 0) is 44.1 Å². The lowest BCUT2D eigenvalue weighted by Gasteiger charge is -2.36. The Bertz CT molecular complexity index is 1370. The van der Waals surface area contributed by atoms with Gasteiger partial charge >= 0.3 is 6.03 Å². The van der Waals surface area contributed by atoms with Crippen molar-refractivity contribution >= 4 is 34.7 Å². The summed E-state index contributed by atoms with van der Waals surface area (Å²) in [7, 11) is 0. The Balaban J connectivity index is 1.31. The quantitative estimate of drug-likeness (QED) is 0.314. The molecule has 1 aromatic carbocycles. The van der Waals surface area contributed by atoms with E-state index in [0.29, 0.717) is 64.9 Å². The number of nitrogens with one attached hydrogen (secondary N) is 3. The number of benzene rings is 1. The molecule has 192 valence electrons. The van der Waals surface area contributed by atoms with E-state index in [-0.39, 0.29) is 17.7 Å². The van der Waals surface area contributed by atoms with Gasteiger partial charge in [-0.1, -0.05) is 12.1 Å². The van der Waals surface area contributed by atoms with Gasteiger partial charge in [-0.3, -0.25) is 14.7 Å². The first-order valence-corrected chi connectivity index (χ1v) is 13.1. The first-order chi connectivity index (χ1) is 18.0. The molecule has 0 saturated carbocycles. The summed E-state index contributed by atoms with van der Waals surface area (Å²) in [6.45, 7) is 3.67. The van der Waals surface area contributed by atoms with Crippen molar-refractivity contribution in [2.75, 3.05) is 44.4 Å². The molecule has 0 bridgehead atoms. The number of hydrogen-bond acceptors (Lipinski definition) is 8. The van der Waals surface area contributed by atoms with Crippen LogP contribution < -0.4 is 21.4 Å². The van der Waals surface area contributed by atoms with E-state index in [4.69, 9.17) is 10.5 Å². The fourth-order valence-corrected chi connectivity index (χ4v) is 6.11. The Morgan fingerprint density at radius 2 is 1.92 bits per heavy atom. The highest BCUT2D eigenvalue weighted by Gasteiger charge is 2.38. The number of nitrogens with two attached hydrogens (primary N) is 1. The Kier molecular flexibility index (Phi) is 6.24. The Morgan fingerprint density at radius 3 is 2.68 bits per heavy atom. The predicted molar refractivity (Wildman–Crippen MR) is 139 cm³/mol. The summed E-state index contributed by atoms with van der Waals surface area (Å²) in [5.74, 6) is -0.350. The number of thiophene rings is 1. The summed E-state index contributed by atoms with van der Waals surface area (Å²) >= 11 is 1.31. The van der Waals surface area contributed by atoms with Crippen LogP contribution in [0, 0.1) is 0 Å². The molecule has 0 unspecified atom stereocenters. The van der Waals surface area contributed by atoms with E-state index in [2.05, 4.69) is 20.8 Å². The topological polar surface area (TPSA) is 146 Å². The maximum absolute atomic E-state index is 13.8. The average Bonchev–Trinajstić information content (AvgIpc) is 3.62. The third kappa shape index (κ3) is 4.21. The van der Waals surface area contributed by atoms with E-state index < -0.39 is 6.03 Å². The van der Waals surface area contributed by atoms with Crippen molar-refractivity contribution in [1.82, 2.24) is 25.8 Å². The molecule has 3 aliphatic rings. The van der Waals surface area contributed by atoms with Crippen molar-refractivity contribution in [1.29, 1.82) is 0 Å². The van der Waals surface area contributed by atoms with Crippen LogP contribution in [0.25, 0.3) is 21.8 Å². The number of rotatable bonds is 5. The number of carbonyl (C=O) groups is 3. The third-order valence-corrected chi connectivity index (χ3v) is 8.08. The first-order valence-electron chi connectivity index (χ1n) is 12.3. The zero-order valence-corrected chi connectivity index (χ0v) is 20.9. The number of aromatic amines is 1. The van der Waals surface area contributed by atoms with Crippen molar-refractivity contribution in [2.24, 2.45) is 5.73 Å². The summed E-state index contributed by atoms with van der Waals surface area (Å²) in [5, 5.41) is 17.0. The molecule has 5 N–H and O–H groups in total. The molecule has 2 saturated heterocycles. The van der Waals surface area contributed by atoms with Gasteiger partial charge in [-0.25, -0.2) is 14.8 Å². The molecule has 2 aromatic heterocycles. The molecule has 2 fully saturated rings. The molecule has 6 rings (SSSR count). The maximum atomic E-state index is 13.8. The molecule has 0 radical (unpaired) electrons. The van der Waals surface area contributed by atoms with E-state index in [1.54, 1.807) is 23.2 Å². The van der Waals surface area contributed by atoms with Crippen LogP contribution in [0.1, 0.15) is 38.4 Å². The van der Waals surface area contributed by atoms with Crippen LogP contribution in [0.15, 0.2) is 30.3 Å². The van der Waals surface area contributed by atoms with Crippen molar-refractivity contribution in [3.63, 3.8) is 0 Å². The molecule has 3 amide bonds. The van der Waals surface area contributed by atoms with Gasteiger partial charge in [0.05, 0.1) is 45.5 Å². The summed E-state index contributed by atoms with van der Waals surface area (Å²) in [5.41, 5.74) is 8.74. The fraction of sp³-hybridized carbons (Fsp3) is 0.360. The van der Waals surface area contributed by atoms with Crippen LogP contribution in [-0.4, -0.2) is 78.4 Å². The fourth-order valence-electron chi connectivity index (χ4n) is 5.20. The van der Waals surface area contributed by atoms with Gasteiger partial charge in [-0.2, -0.15) is 5.10 Å². The van der Waals surface area contributed by atoms with Gasteiger partial charge in [0.1, 0.15) is 5.69 Å². The number of H-pyrrole nitrogens is 1. The van der Waals surface area contributed by atoms with E-state index in [0.717, 1.165) is 30.8 Å². The molecular formula is C25H27N7O4S. The normalized spacial score (nSPS) is 17.9. The van der Waals surface area contributed by atoms with Crippen LogP contribution >= 0.6 is 11.3 Å². The maximum Gasteiger partial charge on any atom is 0.334 e. The molecule has 11 nitrogen and oxygen atoms in total. The van der Waals surface area contributed by atoms with Crippen molar-refractivity contribution in [3.8, 4) is 21.8 Å². The van der Waals surface area contributed by atoms with E-state index in [1.165, 1.54) is 16.3 Å². The Hall–Kier alpha value is -3.58. The number of carbonyl (C=O) groups excluding carboxylic acids is 3. The number of morpholine rings is 1. The number of fused-ring (bicyclic) bond motifs is 3. The number of hydrogen-bond donors (Lipinski definition) is 4. The van der Waals surface area contributed by atoms with Crippen molar-refractivity contribution in [3.05, 3.63) is 46.3 Å². The summed E-state index contributed by atoms with van der Waals surface area (Å²) in [6, 6.07) is 8.42. The van der Waals surface area contributed by atoms with Gasteiger partial charge in [0.2, 0.25) is 0 Å².